The smallest absolute Gasteiger partial charge is 0.148 e. The highest BCUT2D eigenvalue weighted by molar-refractivity contribution is 7.90. The first-order chi connectivity index (χ1) is 7.49. The first-order valence-corrected chi connectivity index (χ1v) is 7.46. The molecule has 1 saturated carbocycles. The van der Waals surface area contributed by atoms with Gasteiger partial charge in [-0.2, -0.15) is 0 Å². The molecule has 0 aliphatic heterocycles. The van der Waals surface area contributed by atoms with Gasteiger partial charge in [0.1, 0.15) is 15.6 Å². The molecular formula is C11H17NO3S. The zero-order valence-electron chi connectivity index (χ0n) is 9.40. The zero-order valence-corrected chi connectivity index (χ0v) is 10.2. The molecule has 1 aromatic rings. The van der Waals surface area contributed by atoms with Crippen LogP contribution in [-0.4, -0.2) is 27.0 Å². The van der Waals surface area contributed by atoms with Gasteiger partial charge in [-0.1, -0.05) is 0 Å². The summed E-state index contributed by atoms with van der Waals surface area (Å²) in [5, 5.41) is 3.25. The first-order valence-electron chi connectivity index (χ1n) is 5.40. The molecule has 1 N–H and O–H groups in total. The average Bonchev–Trinajstić information content (AvgIpc) is 2.72. The molecule has 0 radical (unpaired) electrons. The van der Waals surface area contributed by atoms with Crippen LogP contribution >= 0.6 is 0 Å². The van der Waals surface area contributed by atoms with E-state index in [1.54, 1.807) is 6.26 Å². The summed E-state index contributed by atoms with van der Waals surface area (Å²) in [5.41, 5.74) is -0.0137. The molecule has 5 heteroatoms. The van der Waals surface area contributed by atoms with Gasteiger partial charge < -0.3 is 9.73 Å². The van der Waals surface area contributed by atoms with Crippen molar-refractivity contribution in [3.8, 4) is 0 Å². The molecule has 16 heavy (non-hydrogen) atoms. The molecule has 90 valence electrons. The lowest BCUT2D eigenvalue weighted by Gasteiger charge is -2.14. The quantitative estimate of drug-likeness (QED) is 0.815. The summed E-state index contributed by atoms with van der Waals surface area (Å²) in [4.78, 5) is 0. The summed E-state index contributed by atoms with van der Waals surface area (Å²) < 4.78 is 27.7. The molecule has 0 amide bonds. The van der Waals surface area contributed by atoms with Crippen LogP contribution in [-0.2, 0) is 16.4 Å². The van der Waals surface area contributed by atoms with Crippen LogP contribution in [0, 0.1) is 5.41 Å². The maximum Gasteiger partial charge on any atom is 0.148 e. The third-order valence-electron chi connectivity index (χ3n) is 2.90. The molecule has 0 unspecified atom stereocenters. The predicted octanol–water partition coefficient (Wildman–Crippen LogP) is 1.19. The average molecular weight is 243 g/mol. The summed E-state index contributed by atoms with van der Waals surface area (Å²) in [6, 6.07) is 3.75. The van der Waals surface area contributed by atoms with Crippen LogP contribution < -0.4 is 5.32 Å². The van der Waals surface area contributed by atoms with Crippen molar-refractivity contribution in [1.29, 1.82) is 0 Å². The fourth-order valence-corrected chi connectivity index (χ4v) is 3.47. The van der Waals surface area contributed by atoms with Gasteiger partial charge in [-0.15, -0.1) is 0 Å². The van der Waals surface area contributed by atoms with Gasteiger partial charge in [0.15, 0.2) is 0 Å². The minimum atomic E-state index is -2.87. The Morgan fingerprint density at radius 3 is 2.75 bits per heavy atom. The Balaban J connectivity index is 1.78. The standard InChI is InChI=1S/C11H17NO3S/c1-16(13,14)9-11(4-5-11)8-12-7-10-3-2-6-15-10/h2-3,6,12H,4-5,7-9H2,1H3. The van der Waals surface area contributed by atoms with E-state index in [2.05, 4.69) is 5.32 Å². The summed E-state index contributed by atoms with van der Waals surface area (Å²) >= 11 is 0. The normalized spacial score (nSPS) is 18.6. The number of hydrogen-bond donors (Lipinski definition) is 1. The molecule has 2 rings (SSSR count). The Labute approximate surface area is 95.9 Å². The molecule has 4 nitrogen and oxygen atoms in total. The molecule has 1 fully saturated rings. The minimum Gasteiger partial charge on any atom is -0.468 e. The Hall–Kier alpha value is -0.810. The third-order valence-corrected chi connectivity index (χ3v) is 4.04. The highest BCUT2D eigenvalue weighted by Crippen LogP contribution is 2.46. The van der Waals surface area contributed by atoms with Crippen molar-refractivity contribution in [3.63, 3.8) is 0 Å². The van der Waals surface area contributed by atoms with E-state index in [0.717, 1.165) is 25.1 Å². The van der Waals surface area contributed by atoms with Crippen LogP contribution in [0.25, 0.3) is 0 Å². The van der Waals surface area contributed by atoms with E-state index in [1.807, 2.05) is 12.1 Å². The van der Waals surface area contributed by atoms with Crippen molar-refractivity contribution in [3.05, 3.63) is 24.2 Å². The van der Waals surface area contributed by atoms with Gasteiger partial charge in [0.25, 0.3) is 0 Å². The molecule has 0 atom stereocenters. The number of hydrogen-bond acceptors (Lipinski definition) is 4. The van der Waals surface area contributed by atoms with E-state index in [-0.39, 0.29) is 5.41 Å². The molecule has 1 aliphatic carbocycles. The van der Waals surface area contributed by atoms with Crippen molar-refractivity contribution < 1.29 is 12.8 Å². The Morgan fingerprint density at radius 1 is 1.50 bits per heavy atom. The zero-order chi connectivity index (χ0) is 11.6. The van der Waals surface area contributed by atoms with Crippen molar-refractivity contribution in [2.45, 2.75) is 19.4 Å². The fourth-order valence-electron chi connectivity index (χ4n) is 1.97. The van der Waals surface area contributed by atoms with Crippen LogP contribution in [0.4, 0.5) is 0 Å². The lowest BCUT2D eigenvalue weighted by Crippen LogP contribution is -2.28. The van der Waals surface area contributed by atoms with Gasteiger partial charge in [-0.05, 0) is 30.4 Å². The van der Waals surface area contributed by atoms with Crippen LogP contribution in [0.15, 0.2) is 22.8 Å². The number of sulfone groups is 1. The Morgan fingerprint density at radius 2 is 2.25 bits per heavy atom. The number of furan rings is 1. The second-order valence-electron chi connectivity index (χ2n) is 4.75. The van der Waals surface area contributed by atoms with Gasteiger partial charge in [0.2, 0.25) is 0 Å². The summed E-state index contributed by atoms with van der Waals surface area (Å²) in [5.74, 6) is 1.18. The summed E-state index contributed by atoms with van der Waals surface area (Å²) in [6.45, 7) is 1.42. The van der Waals surface area contributed by atoms with Crippen LogP contribution in [0.3, 0.4) is 0 Å². The molecule has 1 heterocycles. The van der Waals surface area contributed by atoms with E-state index in [0.29, 0.717) is 12.3 Å². The van der Waals surface area contributed by atoms with Crippen molar-refractivity contribution in [1.82, 2.24) is 5.32 Å². The van der Waals surface area contributed by atoms with Crippen LogP contribution in [0.2, 0.25) is 0 Å². The topological polar surface area (TPSA) is 59.3 Å². The van der Waals surface area contributed by atoms with E-state index >= 15 is 0 Å². The number of rotatable bonds is 6. The van der Waals surface area contributed by atoms with Gasteiger partial charge in [0.05, 0.1) is 18.6 Å². The summed E-state index contributed by atoms with van der Waals surface area (Å²) in [6.07, 6.45) is 4.95. The second kappa shape index (κ2) is 4.22. The molecule has 1 aromatic heterocycles. The summed E-state index contributed by atoms with van der Waals surface area (Å²) in [7, 11) is -2.87. The van der Waals surface area contributed by atoms with Crippen LogP contribution in [0.5, 0.6) is 0 Å². The molecule has 0 spiro atoms. The van der Waals surface area contributed by atoms with Gasteiger partial charge >= 0.3 is 0 Å². The Kier molecular flexibility index (Phi) is 3.08. The molecule has 0 saturated heterocycles. The first kappa shape index (κ1) is 11.7. The largest absolute Gasteiger partial charge is 0.468 e. The third kappa shape index (κ3) is 3.35. The van der Waals surface area contributed by atoms with Crippen molar-refractivity contribution >= 4 is 9.84 Å². The van der Waals surface area contributed by atoms with Gasteiger partial charge in [-0.3, -0.25) is 0 Å². The molecular weight excluding hydrogens is 226 g/mol. The number of nitrogens with one attached hydrogen (secondary N) is 1. The van der Waals surface area contributed by atoms with Gasteiger partial charge in [0, 0.05) is 12.8 Å². The van der Waals surface area contributed by atoms with Crippen LogP contribution in [0.1, 0.15) is 18.6 Å². The van der Waals surface area contributed by atoms with Crippen molar-refractivity contribution in [2.24, 2.45) is 5.41 Å². The van der Waals surface area contributed by atoms with Crippen molar-refractivity contribution in [2.75, 3.05) is 18.6 Å². The van der Waals surface area contributed by atoms with E-state index in [4.69, 9.17) is 4.42 Å². The van der Waals surface area contributed by atoms with E-state index in [9.17, 15) is 8.42 Å². The SMILES string of the molecule is CS(=O)(=O)CC1(CNCc2ccco2)CC1. The highest BCUT2D eigenvalue weighted by atomic mass is 32.2. The monoisotopic (exact) mass is 243 g/mol. The van der Waals surface area contributed by atoms with E-state index in [1.165, 1.54) is 6.26 Å². The molecule has 1 aliphatic rings. The van der Waals surface area contributed by atoms with Gasteiger partial charge in [-0.25, -0.2) is 8.42 Å². The second-order valence-corrected chi connectivity index (χ2v) is 6.89. The van der Waals surface area contributed by atoms with E-state index < -0.39 is 9.84 Å². The molecule has 0 aromatic carbocycles. The fraction of sp³-hybridized carbons (Fsp3) is 0.636. The molecule has 0 bridgehead atoms. The predicted molar refractivity (Wildman–Crippen MR) is 61.8 cm³/mol. The minimum absolute atomic E-state index is 0.0137. The highest BCUT2D eigenvalue weighted by Gasteiger charge is 2.44. The lowest BCUT2D eigenvalue weighted by atomic mass is 10.1. The maximum atomic E-state index is 11.2. The lowest BCUT2D eigenvalue weighted by molar-refractivity contribution is 0.445. The maximum absolute atomic E-state index is 11.2. The Bertz CT molecular complexity index is 432.